The average Bonchev–Trinajstić information content (AvgIpc) is 3.16. The largest absolute Gasteiger partial charge is 0.444 e. The molecular formula is C18H18BF3N4O3. The topological polar surface area (TPSA) is 82.2 Å². The predicted molar refractivity (Wildman–Crippen MR) is 99.7 cm³/mol. The summed E-state index contributed by atoms with van der Waals surface area (Å²) >= 11 is 0. The molecule has 1 N–H and O–H groups in total. The van der Waals surface area contributed by atoms with Crippen molar-refractivity contribution >= 4 is 30.3 Å². The van der Waals surface area contributed by atoms with Crippen LogP contribution >= 0.6 is 0 Å². The van der Waals surface area contributed by atoms with Crippen LogP contribution in [0.25, 0.3) is 22.4 Å². The van der Waals surface area contributed by atoms with Crippen molar-refractivity contribution in [3.05, 3.63) is 30.2 Å². The maximum atomic E-state index is 13.1. The number of amides is 1. The van der Waals surface area contributed by atoms with Gasteiger partial charge in [-0.3, -0.25) is 0 Å². The molecule has 1 aromatic carbocycles. The number of carbonyl (C=O) groups is 1. The van der Waals surface area contributed by atoms with E-state index >= 15 is 0 Å². The summed E-state index contributed by atoms with van der Waals surface area (Å²) in [7, 11) is 5.90. The lowest BCUT2D eigenvalue weighted by atomic mass is 9.92. The van der Waals surface area contributed by atoms with Crippen LogP contribution in [0.2, 0.25) is 0 Å². The molecule has 0 saturated heterocycles. The van der Waals surface area contributed by atoms with Gasteiger partial charge in [0.25, 0.3) is 0 Å². The number of alkyl halides is 3. The van der Waals surface area contributed by atoms with Crippen molar-refractivity contribution in [2.75, 3.05) is 0 Å². The highest BCUT2D eigenvalue weighted by atomic mass is 19.4. The zero-order valence-corrected chi connectivity index (χ0v) is 16.0. The molecule has 0 saturated carbocycles. The van der Waals surface area contributed by atoms with Gasteiger partial charge < -0.3 is 19.1 Å². The minimum Gasteiger partial charge on any atom is -0.444 e. The zero-order valence-electron chi connectivity index (χ0n) is 16.0. The first-order valence-electron chi connectivity index (χ1n) is 8.67. The molecule has 29 heavy (non-hydrogen) atoms. The van der Waals surface area contributed by atoms with E-state index in [0.29, 0.717) is 16.4 Å². The van der Waals surface area contributed by atoms with Crippen molar-refractivity contribution < 1.29 is 27.2 Å². The standard InChI is InChI=1S/C18H18BF3N4O3/c1-17(2,3)28-16(27)23-8-14-24-15(25-29-14)13-7-10-11(19)5-4-6-12(10)26(13)9-18(20,21)22/h4-7H,8-9H2,1-3H3,(H,23,27). The van der Waals surface area contributed by atoms with E-state index in [0.717, 1.165) is 4.57 Å². The van der Waals surface area contributed by atoms with Gasteiger partial charge in [0.1, 0.15) is 26.5 Å². The van der Waals surface area contributed by atoms with Crippen LogP contribution in [0.4, 0.5) is 18.0 Å². The fraction of sp³-hybridized carbons (Fsp3) is 0.389. The Balaban J connectivity index is 1.88. The molecule has 0 aliphatic rings. The number of alkyl carbamates (subject to hydrolysis) is 1. The summed E-state index contributed by atoms with van der Waals surface area (Å²) in [5.41, 5.74) is 0.0563. The zero-order chi connectivity index (χ0) is 21.4. The van der Waals surface area contributed by atoms with Crippen LogP contribution in [0.15, 0.2) is 28.8 Å². The molecule has 1 amide bonds. The molecule has 0 spiro atoms. The van der Waals surface area contributed by atoms with E-state index in [1.165, 1.54) is 12.1 Å². The summed E-state index contributed by atoms with van der Waals surface area (Å²) in [5.74, 6) is -0.0338. The van der Waals surface area contributed by atoms with Gasteiger partial charge in [-0.25, -0.2) is 4.79 Å². The Labute approximate surface area is 165 Å². The molecule has 0 aliphatic heterocycles. The predicted octanol–water partition coefficient (Wildman–Crippen LogP) is 3.07. The van der Waals surface area contributed by atoms with Gasteiger partial charge in [0, 0.05) is 5.52 Å². The van der Waals surface area contributed by atoms with Gasteiger partial charge in [0.05, 0.1) is 5.69 Å². The first-order valence-corrected chi connectivity index (χ1v) is 8.67. The molecule has 0 fully saturated rings. The highest BCUT2D eigenvalue weighted by molar-refractivity contribution is 6.38. The van der Waals surface area contributed by atoms with Crippen LogP contribution in [0, 0.1) is 0 Å². The fourth-order valence-electron chi connectivity index (χ4n) is 2.73. The Hall–Kier alpha value is -2.98. The third kappa shape index (κ3) is 5.10. The number of nitrogens with one attached hydrogen (secondary N) is 1. The molecular weight excluding hydrogens is 388 g/mol. The normalized spacial score (nSPS) is 12.3. The van der Waals surface area contributed by atoms with Crippen molar-refractivity contribution in [1.82, 2.24) is 20.0 Å². The summed E-state index contributed by atoms with van der Waals surface area (Å²) in [6.45, 7) is 3.76. The maximum absolute atomic E-state index is 13.1. The minimum absolute atomic E-state index is 0.0163. The molecule has 0 atom stereocenters. The maximum Gasteiger partial charge on any atom is 0.408 e. The summed E-state index contributed by atoms with van der Waals surface area (Å²) in [6, 6.07) is 6.18. The lowest BCUT2D eigenvalue weighted by molar-refractivity contribution is -0.139. The van der Waals surface area contributed by atoms with Crippen molar-refractivity contribution in [1.29, 1.82) is 0 Å². The van der Waals surface area contributed by atoms with Crippen LogP contribution in [0.3, 0.4) is 0 Å². The molecule has 152 valence electrons. The van der Waals surface area contributed by atoms with E-state index in [4.69, 9.17) is 17.1 Å². The van der Waals surface area contributed by atoms with Crippen molar-refractivity contribution in [3.8, 4) is 11.5 Å². The third-order valence-corrected chi connectivity index (χ3v) is 3.80. The molecule has 2 radical (unpaired) electrons. The molecule has 2 aromatic heterocycles. The molecule has 3 rings (SSSR count). The number of aromatic nitrogens is 3. The van der Waals surface area contributed by atoms with Crippen LogP contribution in [0.1, 0.15) is 26.7 Å². The van der Waals surface area contributed by atoms with Gasteiger partial charge >= 0.3 is 12.3 Å². The quantitative estimate of drug-likeness (QED) is 0.674. The minimum atomic E-state index is -4.46. The summed E-state index contributed by atoms with van der Waals surface area (Å²) in [4.78, 5) is 15.8. The highest BCUT2D eigenvalue weighted by Gasteiger charge is 2.31. The second kappa shape index (κ2) is 7.45. The SMILES string of the molecule is [B]c1cccc2c1cc(-c1noc(CNC(=O)OC(C)(C)C)n1)n2CC(F)(F)F. The third-order valence-electron chi connectivity index (χ3n) is 3.80. The number of halogens is 3. The van der Waals surface area contributed by atoms with E-state index in [1.807, 2.05) is 0 Å². The number of nitrogens with zero attached hydrogens (tertiary/aromatic N) is 3. The van der Waals surface area contributed by atoms with Crippen molar-refractivity contribution in [3.63, 3.8) is 0 Å². The number of hydrogen-bond donors (Lipinski definition) is 1. The van der Waals surface area contributed by atoms with E-state index < -0.39 is 24.4 Å². The van der Waals surface area contributed by atoms with Crippen molar-refractivity contribution in [2.45, 2.75) is 45.6 Å². The second-order valence-corrected chi connectivity index (χ2v) is 7.38. The summed E-state index contributed by atoms with van der Waals surface area (Å²) < 4.78 is 50.5. The smallest absolute Gasteiger partial charge is 0.408 e. The van der Waals surface area contributed by atoms with Crippen LogP contribution in [0.5, 0.6) is 0 Å². The van der Waals surface area contributed by atoms with Gasteiger partial charge in [-0.1, -0.05) is 22.8 Å². The number of benzene rings is 1. The second-order valence-electron chi connectivity index (χ2n) is 7.38. The van der Waals surface area contributed by atoms with Crippen LogP contribution < -0.4 is 10.8 Å². The number of ether oxygens (including phenoxy) is 1. The number of carbonyl (C=O) groups excluding carboxylic acids is 1. The Kier molecular flexibility index (Phi) is 5.33. The molecule has 2 heterocycles. The van der Waals surface area contributed by atoms with Gasteiger partial charge in [0.15, 0.2) is 0 Å². The van der Waals surface area contributed by atoms with Gasteiger partial charge in [-0.2, -0.15) is 18.2 Å². The Morgan fingerprint density at radius 2 is 2.03 bits per heavy atom. The van der Waals surface area contributed by atoms with Gasteiger partial charge in [0.2, 0.25) is 11.7 Å². The summed E-state index contributed by atoms with van der Waals surface area (Å²) in [6.07, 6.45) is -5.15. The molecule has 3 aromatic rings. The van der Waals surface area contributed by atoms with Gasteiger partial charge in [-0.05, 0) is 38.3 Å². The average molecular weight is 406 g/mol. The Bertz CT molecular complexity index is 1040. The first-order chi connectivity index (χ1) is 13.4. The first kappa shape index (κ1) is 20.8. The van der Waals surface area contributed by atoms with E-state index in [9.17, 15) is 18.0 Å². The van der Waals surface area contributed by atoms with E-state index in [2.05, 4.69) is 15.5 Å². The number of rotatable bonds is 4. The molecule has 0 aliphatic carbocycles. The van der Waals surface area contributed by atoms with Crippen molar-refractivity contribution in [2.24, 2.45) is 0 Å². The Morgan fingerprint density at radius 3 is 2.69 bits per heavy atom. The number of hydrogen-bond acceptors (Lipinski definition) is 5. The molecule has 11 heteroatoms. The fourth-order valence-corrected chi connectivity index (χ4v) is 2.73. The number of fused-ring (bicyclic) bond motifs is 1. The van der Waals surface area contributed by atoms with Crippen LogP contribution in [-0.2, 0) is 17.8 Å². The molecule has 0 bridgehead atoms. The summed E-state index contributed by atoms with van der Waals surface area (Å²) in [5, 5.41) is 6.64. The molecule has 7 nitrogen and oxygen atoms in total. The Morgan fingerprint density at radius 1 is 1.31 bits per heavy atom. The van der Waals surface area contributed by atoms with Crippen LogP contribution in [-0.4, -0.2) is 40.4 Å². The van der Waals surface area contributed by atoms with Gasteiger partial charge in [-0.15, -0.1) is 0 Å². The van der Waals surface area contributed by atoms with E-state index in [1.54, 1.807) is 32.9 Å². The lowest BCUT2D eigenvalue weighted by Crippen LogP contribution is -2.32. The molecule has 0 unspecified atom stereocenters. The monoisotopic (exact) mass is 406 g/mol. The lowest BCUT2D eigenvalue weighted by Gasteiger charge is -2.19. The highest BCUT2D eigenvalue weighted by Crippen LogP contribution is 2.29. The van der Waals surface area contributed by atoms with E-state index in [-0.39, 0.29) is 24.0 Å².